The van der Waals surface area contributed by atoms with E-state index < -0.39 is 5.60 Å². The number of piperidine rings is 1. The Morgan fingerprint density at radius 3 is 2.56 bits per heavy atom. The first kappa shape index (κ1) is 12.9. The van der Waals surface area contributed by atoms with Crippen molar-refractivity contribution in [2.75, 3.05) is 26.3 Å². The molecule has 1 aromatic carbocycles. The zero-order valence-corrected chi connectivity index (χ0v) is 10.5. The van der Waals surface area contributed by atoms with Crippen molar-refractivity contribution in [2.24, 2.45) is 0 Å². The number of ether oxygens (including phenoxy) is 2. The van der Waals surface area contributed by atoms with E-state index in [9.17, 15) is 0 Å². The third-order valence-electron chi connectivity index (χ3n) is 3.15. The number of terminal acetylenes is 1. The van der Waals surface area contributed by atoms with Crippen LogP contribution in [0.4, 0.5) is 0 Å². The van der Waals surface area contributed by atoms with Gasteiger partial charge in [-0.2, -0.15) is 0 Å². The molecule has 1 heterocycles. The summed E-state index contributed by atoms with van der Waals surface area (Å²) in [6.07, 6.45) is 7.33. The first-order valence-electron chi connectivity index (χ1n) is 6.35. The van der Waals surface area contributed by atoms with E-state index in [1.54, 1.807) is 0 Å². The lowest BCUT2D eigenvalue weighted by atomic mass is 9.93. The first-order chi connectivity index (χ1) is 8.85. The van der Waals surface area contributed by atoms with Gasteiger partial charge in [-0.25, -0.2) is 0 Å². The smallest absolute Gasteiger partial charge is 0.131 e. The summed E-state index contributed by atoms with van der Waals surface area (Å²) in [7, 11) is 0. The van der Waals surface area contributed by atoms with Gasteiger partial charge < -0.3 is 14.8 Å². The van der Waals surface area contributed by atoms with E-state index in [-0.39, 0.29) is 0 Å². The van der Waals surface area contributed by atoms with E-state index in [0.717, 1.165) is 31.7 Å². The van der Waals surface area contributed by atoms with Crippen molar-refractivity contribution in [1.29, 1.82) is 0 Å². The molecular weight excluding hydrogens is 226 g/mol. The summed E-state index contributed by atoms with van der Waals surface area (Å²) >= 11 is 0. The van der Waals surface area contributed by atoms with E-state index in [0.29, 0.717) is 13.2 Å². The van der Waals surface area contributed by atoms with Gasteiger partial charge in [-0.05, 0) is 25.2 Å². The Hall–Kier alpha value is -1.50. The highest BCUT2D eigenvalue weighted by molar-refractivity contribution is 5.20. The van der Waals surface area contributed by atoms with Gasteiger partial charge in [0.2, 0.25) is 0 Å². The van der Waals surface area contributed by atoms with Crippen molar-refractivity contribution < 1.29 is 9.47 Å². The first-order valence-corrected chi connectivity index (χ1v) is 6.35. The molecule has 0 unspecified atom stereocenters. The van der Waals surface area contributed by atoms with Crippen molar-refractivity contribution in [3.05, 3.63) is 30.3 Å². The molecule has 1 N–H and O–H groups in total. The fraction of sp³-hybridized carbons (Fsp3) is 0.467. The lowest BCUT2D eigenvalue weighted by molar-refractivity contribution is -0.0323. The van der Waals surface area contributed by atoms with Crippen LogP contribution in [0.1, 0.15) is 12.8 Å². The zero-order valence-electron chi connectivity index (χ0n) is 10.5. The maximum atomic E-state index is 5.84. The summed E-state index contributed by atoms with van der Waals surface area (Å²) in [5.41, 5.74) is -0.398. The van der Waals surface area contributed by atoms with Crippen molar-refractivity contribution in [3.63, 3.8) is 0 Å². The standard InChI is InChI=1S/C15H19NO2/c1-2-15(8-10-16-11-9-15)18-13-12-17-14-6-4-3-5-7-14/h1,3-7,16H,8-13H2. The van der Waals surface area contributed by atoms with E-state index in [4.69, 9.17) is 15.9 Å². The van der Waals surface area contributed by atoms with Crippen LogP contribution in [0.25, 0.3) is 0 Å². The molecule has 18 heavy (non-hydrogen) atoms. The Morgan fingerprint density at radius 2 is 1.89 bits per heavy atom. The third kappa shape index (κ3) is 3.49. The van der Waals surface area contributed by atoms with Crippen molar-refractivity contribution >= 4 is 0 Å². The molecule has 0 aliphatic carbocycles. The SMILES string of the molecule is C#CC1(OCCOc2ccccc2)CCNCC1. The second-order valence-corrected chi connectivity index (χ2v) is 4.40. The van der Waals surface area contributed by atoms with Crippen molar-refractivity contribution in [2.45, 2.75) is 18.4 Å². The summed E-state index contributed by atoms with van der Waals surface area (Å²) < 4.78 is 11.4. The monoisotopic (exact) mass is 245 g/mol. The Balaban J connectivity index is 1.73. The summed E-state index contributed by atoms with van der Waals surface area (Å²) in [6, 6.07) is 9.73. The summed E-state index contributed by atoms with van der Waals surface area (Å²) in [5.74, 6) is 3.66. The molecule has 2 rings (SSSR count). The molecule has 3 nitrogen and oxygen atoms in total. The molecule has 0 saturated carbocycles. The van der Waals surface area contributed by atoms with Crippen LogP contribution in [0.2, 0.25) is 0 Å². The Kier molecular flexibility index (Phi) is 4.63. The van der Waals surface area contributed by atoms with Crippen molar-refractivity contribution in [3.8, 4) is 18.1 Å². The van der Waals surface area contributed by atoms with Crippen molar-refractivity contribution in [1.82, 2.24) is 5.32 Å². The summed E-state index contributed by atoms with van der Waals surface area (Å²) in [6.45, 7) is 2.90. The molecule has 0 bridgehead atoms. The molecule has 96 valence electrons. The van der Waals surface area contributed by atoms with Crippen LogP contribution in [0, 0.1) is 12.3 Å². The summed E-state index contributed by atoms with van der Waals surface area (Å²) in [5, 5.41) is 3.28. The molecule has 1 aromatic rings. The average molecular weight is 245 g/mol. The molecule has 0 amide bonds. The third-order valence-corrected chi connectivity index (χ3v) is 3.15. The van der Waals surface area contributed by atoms with Crippen LogP contribution in [-0.4, -0.2) is 31.9 Å². The number of rotatable bonds is 5. The topological polar surface area (TPSA) is 30.5 Å². The van der Waals surface area contributed by atoms with Crippen LogP contribution in [-0.2, 0) is 4.74 Å². The molecule has 1 aliphatic rings. The van der Waals surface area contributed by atoms with Crippen LogP contribution in [0.5, 0.6) is 5.75 Å². The van der Waals surface area contributed by atoms with Crippen LogP contribution in [0.3, 0.4) is 0 Å². The van der Waals surface area contributed by atoms with Gasteiger partial charge in [0.25, 0.3) is 0 Å². The Labute approximate surface area is 108 Å². The maximum absolute atomic E-state index is 5.84. The van der Waals surface area contributed by atoms with Crippen LogP contribution < -0.4 is 10.1 Å². The molecule has 1 aliphatic heterocycles. The molecule has 0 spiro atoms. The van der Waals surface area contributed by atoms with Crippen LogP contribution >= 0.6 is 0 Å². The fourth-order valence-corrected chi connectivity index (χ4v) is 2.07. The Morgan fingerprint density at radius 1 is 1.17 bits per heavy atom. The molecular formula is C15H19NO2. The predicted molar refractivity (Wildman–Crippen MR) is 71.6 cm³/mol. The quantitative estimate of drug-likeness (QED) is 0.634. The predicted octanol–water partition coefficient (Wildman–Crippen LogP) is 1.84. The Bertz CT molecular complexity index is 391. The second kappa shape index (κ2) is 6.44. The van der Waals surface area contributed by atoms with Gasteiger partial charge >= 0.3 is 0 Å². The van der Waals surface area contributed by atoms with Gasteiger partial charge in [0, 0.05) is 12.8 Å². The lowest BCUT2D eigenvalue weighted by Crippen LogP contribution is -2.43. The largest absolute Gasteiger partial charge is 0.491 e. The molecule has 0 radical (unpaired) electrons. The molecule has 3 heteroatoms. The molecule has 0 atom stereocenters. The van der Waals surface area contributed by atoms with Gasteiger partial charge in [0.15, 0.2) is 0 Å². The molecule has 1 fully saturated rings. The lowest BCUT2D eigenvalue weighted by Gasteiger charge is -2.32. The average Bonchev–Trinajstić information content (AvgIpc) is 2.46. The maximum Gasteiger partial charge on any atom is 0.131 e. The van der Waals surface area contributed by atoms with Gasteiger partial charge in [-0.1, -0.05) is 24.1 Å². The molecule has 0 aromatic heterocycles. The number of hydrogen-bond acceptors (Lipinski definition) is 3. The van der Waals surface area contributed by atoms with Gasteiger partial charge in [-0.15, -0.1) is 6.42 Å². The fourth-order valence-electron chi connectivity index (χ4n) is 2.07. The van der Waals surface area contributed by atoms with Gasteiger partial charge in [0.1, 0.15) is 18.0 Å². The number of nitrogens with one attached hydrogen (secondary N) is 1. The number of para-hydroxylation sites is 1. The minimum absolute atomic E-state index is 0.398. The second-order valence-electron chi connectivity index (χ2n) is 4.40. The van der Waals surface area contributed by atoms with E-state index in [1.807, 2.05) is 30.3 Å². The highest BCUT2D eigenvalue weighted by Crippen LogP contribution is 2.22. The minimum atomic E-state index is -0.398. The van der Waals surface area contributed by atoms with E-state index in [2.05, 4.69) is 11.2 Å². The van der Waals surface area contributed by atoms with Gasteiger partial charge in [0.05, 0.1) is 6.61 Å². The number of hydrogen-bond donors (Lipinski definition) is 1. The molecule has 1 saturated heterocycles. The summed E-state index contributed by atoms with van der Waals surface area (Å²) in [4.78, 5) is 0. The highest BCUT2D eigenvalue weighted by Gasteiger charge is 2.30. The minimum Gasteiger partial charge on any atom is -0.491 e. The van der Waals surface area contributed by atoms with Crippen LogP contribution in [0.15, 0.2) is 30.3 Å². The normalized spacial score (nSPS) is 17.9. The van der Waals surface area contributed by atoms with E-state index in [1.165, 1.54) is 0 Å². The van der Waals surface area contributed by atoms with E-state index >= 15 is 0 Å². The zero-order chi connectivity index (χ0) is 12.7. The highest BCUT2D eigenvalue weighted by atomic mass is 16.5. The number of benzene rings is 1. The van der Waals surface area contributed by atoms with Gasteiger partial charge in [-0.3, -0.25) is 0 Å².